The number of aromatic nitrogens is 1. The molecule has 0 saturated carbocycles. The summed E-state index contributed by atoms with van der Waals surface area (Å²) in [5, 5.41) is 0. The number of benzene rings is 1. The standard InChI is InChI=1S/C18H20N2O3/c1-12(21)14-10-16(19-11-14)18(22)20-9-3-4-17(20)13-5-7-15(23-2)8-6-13/h5-8,10-11,17,19H,3-4,9H2,1-2H3/t17-/m1/s1. The fourth-order valence-electron chi connectivity index (χ4n) is 3.06. The van der Waals surface area contributed by atoms with Crippen LogP contribution in [0.2, 0.25) is 0 Å². The molecule has 1 aromatic carbocycles. The molecule has 3 rings (SSSR count). The fraction of sp³-hybridized carbons (Fsp3) is 0.333. The number of H-pyrrole nitrogens is 1. The van der Waals surface area contributed by atoms with Gasteiger partial charge in [-0.2, -0.15) is 0 Å². The lowest BCUT2D eigenvalue weighted by molar-refractivity contribution is 0.0730. The molecule has 1 aliphatic rings. The third-order valence-corrected chi connectivity index (χ3v) is 4.33. The van der Waals surface area contributed by atoms with E-state index in [4.69, 9.17) is 4.74 Å². The van der Waals surface area contributed by atoms with Gasteiger partial charge in [-0.1, -0.05) is 12.1 Å². The van der Waals surface area contributed by atoms with E-state index in [2.05, 4.69) is 4.98 Å². The van der Waals surface area contributed by atoms with Crippen LogP contribution in [-0.4, -0.2) is 35.2 Å². The summed E-state index contributed by atoms with van der Waals surface area (Å²) >= 11 is 0. The lowest BCUT2D eigenvalue weighted by Crippen LogP contribution is -2.30. The van der Waals surface area contributed by atoms with Gasteiger partial charge < -0.3 is 14.6 Å². The average Bonchev–Trinajstić information content (AvgIpc) is 3.23. The topological polar surface area (TPSA) is 62.4 Å². The van der Waals surface area contributed by atoms with Crippen LogP contribution in [0.25, 0.3) is 0 Å². The van der Waals surface area contributed by atoms with Crippen LogP contribution in [0.15, 0.2) is 36.5 Å². The molecule has 120 valence electrons. The number of Topliss-reactive ketones (excluding diaryl/α,β-unsaturated/α-hetero) is 1. The SMILES string of the molecule is COc1ccc([C@H]2CCCN2C(=O)c2cc(C(C)=O)c[nH]2)cc1. The van der Waals surface area contributed by atoms with E-state index in [9.17, 15) is 9.59 Å². The summed E-state index contributed by atoms with van der Waals surface area (Å²) in [5.74, 6) is 0.698. The molecular formula is C18H20N2O3. The third kappa shape index (κ3) is 2.99. The van der Waals surface area contributed by atoms with Crippen molar-refractivity contribution < 1.29 is 14.3 Å². The lowest BCUT2D eigenvalue weighted by Gasteiger charge is -2.24. The van der Waals surface area contributed by atoms with E-state index < -0.39 is 0 Å². The second-order valence-electron chi connectivity index (χ2n) is 5.79. The third-order valence-electron chi connectivity index (χ3n) is 4.33. The second-order valence-corrected chi connectivity index (χ2v) is 5.79. The first-order valence-electron chi connectivity index (χ1n) is 7.74. The van der Waals surface area contributed by atoms with Crippen LogP contribution >= 0.6 is 0 Å². The molecule has 0 bridgehead atoms. The zero-order chi connectivity index (χ0) is 16.4. The van der Waals surface area contributed by atoms with Gasteiger partial charge in [0.1, 0.15) is 11.4 Å². The Morgan fingerprint density at radius 2 is 2.00 bits per heavy atom. The molecule has 5 heteroatoms. The van der Waals surface area contributed by atoms with Crippen molar-refractivity contribution in [2.45, 2.75) is 25.8 Å². The first-order chi connectivity index (χ1) is 11.1. The summed E-state index contributed by atoms with van der Waals surface area (Å²) in [6.45, 7) is 2.22. The van der Waals surface area contributed by atoms with Gasteiger partial charge in [-0.3, -0.25) is 9.59 Å². The lowest BCUT2D eigenvalue weighted by atomic mass is 10.0. The summed E-state index contributed by atoms with van der Waals surface area (Å²) in [6, 6.07) is 9.54. The number of methoxy groups -OCH3 is 1. The number of rotatable bonds is 4. The van der Waals surface area contributed by atoms with Crippen molar-refractivity contribution in [2.75, 3.05) is 13.7 Å². The van der Waals surface area contributed by atoms with E-state index in [1.165, 1.54) is 6.92 Å². The smallest absolute Gasteiger partial charge is 0.270 e. The summed E-state index contributed by atoms with van der Waals surface area (Å²) in [4.78, 5) is 28.9. The second kappa shape index (κ2) is 6.28. The maximum absolute atomic E-state index is 12.7. The predicted octanol–water partition coefficient (Wildman–Crippen LogP) is 3.20. The Kier molecular flexibility index (Phi) is 4.19. The zero-order valence-corrected chi connectivity index (χ0v) is 13.3. The minimum atomic E-state index is -0.0594. The van der Waals surface area contributed by atoms with Crippen LogP contribution in [0.1, 0.15) is 52.2 Å². The minimum Gasteiger partial charge on any atom is -0.497 e. The van der Waals surface area contributed by atoms with Crippen molar-refractivity contribution in [3.8, 4) is 5.75 Å². The Balaban J connectivity index is 1.82. The van der Waals surface area contributed by atoms with Crippen molar-refractivity contribution in [2.24, 2.45) is 0 Å². The van der Waals surface area contributed by atoms with Gasteiger partial charge in [0.05, 0.1) is 13.2 Å². The van der Waals surface area contributed by atoms with Crippen LogP contribution in [0.3, 0.4) is 0 Å². The normalized spacial score (nSPS) is 17.3. The Morgan fingerprint density at radius 3 is 2.61 bits per heavy atom. The van der Waals surface area contributed by atoms with Crippen LogP contribution in [0.5, 0.6) is 5.75 Å². The Bertz CT molecular complexity index is 718. The first-order valence-corrected chi connectivity index (χ1v) is 7.74. The van der Waals surface area contributed by atoms with Crippen LogP contribution in [0.4, 0.5) is 0 Å². The molecule has 0 aliphatic carbocycles. The fourth-order valence-corrected chi connectivity index (χ4v) is 3.06. The molecule has 0 unspecified atom stereocenters. The van der Waals surface area contributed by atoms with Gasteiger partial charge >= 0.3 is 0 Å². The van der Waals surface area contributed by atoms with Crippen LogP contribution in [-0.2, 0) is 0 Å². The molecule has 1 N–H and O–H groups in total. The zero-order valence-electron chi connectivity index (χ0n) is 13.3. The molecule has 0 radical (unpaired) electrons. The van der Waals surface area contributed by atoms with Gasteiger partial charge in [-0.15, -0.1) is 0 Å². The molecule has 1 aliphatic heterocycles. The molecule has 0 spiro atoms. The maximum Gasteiger partial charge on any atom is 0.270 e. The monoisotopic (exact) mass is 312 g/mol. The molecule has 1 saturated heterocycles. The number of ketones is 1. The summed E-state index contributed by atoms with van der Waals surface area (Å²) in [5.41, 5.74) is 2.11. The van der Waals surface area contributed by atoms with Crippen molar-refractivity contribution in [1.29, 1.82) is 0 Å². The number of likely N-dealkylation sites (tertiary alicyclic amines) is 1. The first kappa shape index (κ1) is 15.3. The van der Waals surface area contributed by atoms with Crippen LogP contribution < -0.4 is 4.74 Å². The molecule has 1 fully saturated rings. The molecule has 1 amide bonds. The number of amides is 1. The molecule has 1 aromatic heterocycles. The number of aromatic amines is 1. The average molecular weight is 312 g/mol. The largest absolute Gasteiger partial charge is 0.497 e. The Morgan fingerprint density at radius 1 is 1.26 bits per heavy atom. The number of carbonyl (C=O) groups is 2. The van der Waals surface area contributed by atoms with Gasteiger partial charge in [0.2, 0.25) is 0 Å². The van der Waals surface area contributed by atoms with Crippen molar-refractivity contribution in [3.63, 3.8) is 0 Å². The molecule has 5 nitrogen and oxygen atoms in total. The van der Waals surface area contributed by atoms with E-state index in [-0.39, 0.29) is 17.7 Å². The van der Waals surface area contributed by atoms with Crippen molar-refractivity contribution >= 4 is 11.7 Å². The van der Waals surface area contributed by atoms with Gasteiger partial charge in [0.25, 0.3) is 5.91 Å². The van der Waals surface area contributed by atoms with Crippen molar-refractivity contribution in [3.05, 3.63) is 53.3 Å². The number of ether oxygens (including phenoxy) is 1. The van der Waals surface area contributed by atoms with E-state index in [1.54, 1.807) is 19.4 Å². The summed E-state index contributed by atoms with van der Waals surface area (Å²) in [6.07, 6.45) is 3.51. The Labute approximate surface area is 135 Å². The summed E-state index contributed by atoms with van der Waals surface area (Å²) < 4.78 is 5.18. The molecule has 1 atom stereocenters. The number of hydrogen-bond donors (Lipinski definition) is 1. The highest BCUT2D eigenvalue weighted by atomic mass is 16.5. The van der Waals surface area contributed by atoms with E-state index >= 15 is 0 Å². The maximum atomic E-state index is 12.7. The van der Waals surface area contributed by atoms with Crippen LogP contribution in [0, 0.1) is 0 Å². The minimum absolute atomic E-state index is 0.0478. The van der Waals surface area contributed by atoms with E-state index in [1.807, 2.05) is 29.2 Å². The quantitative estimate of drug-likeness (QED) is 0.882. The number of nitrogens with zero attached hydrogens (tertiary/aromatic N) is 1. The molecule has 2 heterocycles. The number of hydrogen-bond acceptors (Lipinski definition) is 3. The molecule has 23 heavy (non-hydrogen) atoms. The molecular weight excluding hydrogens is 292 g/mol. The highest BCUT2D eigenvalue weighted by molar-refractivity contribution is 5.99. The predicted molar refractivity (Wildman–Crippen MR) is 86.8 cm³/mol. The van der Waals surface area contributed by atoms with Gasteiger partial charge in [0, 0.05) is 18.3 Å². The highest BCUT2D eigenvalue weighted by Gasteiger charge is 2.31. The number of nitrogens with one attached hydrogen (secondary N) is 1. The van der Waals surface area contributed by atoms with Gasteiger partial charge in [-0.05, 0) is 43.5 Å². The Hall–Kier alpha value is -2.56. The molecule has 2 aromatic rings. The van der Waals surface area contributed by atoms with Gasteiger partial charge in [-0.25, -0.2) is 0 Å². The summed E-state index contributed by atoms with van der Waals surface area (Å²) in [7, 11) is 1.64. The highest BCUT2D eigenvalue weighted by Crippen LogP contribution is 2.33. The number of carbonyl (C=O) groups excluding carboxylic acids is 2. The van der Waals surface area contributed by atoms with Crippen molar-refractivity contribution in [1.82, 2.24) is 9.88 Å². The van der Waals surface area contributed by atoms with Gasteiger partial charge in [0.15, 0.2) is 5.78 Å². The van der Waals surface area contributed by atoms with E-state index in [0.717, 1.165) is 30.7 Å². The van der Waals surface area contributed by atoms with E-state index in [0.29, 0.717) is 11.3 Å².